The third-order valence-electron chi connectivity index (χ3n) is 4.08. The number of aromatic amines is 1. The van der Waals surface area contributed by atoms with Crippen molar-refractivity contribution in [2.45, 2.75) is 19.4 Å². The van der Waals surface area contributed by atoms with Gasteiger partial charge in [0.25, 0.3) is 0 Å². The highest BCUT2D eigenvalue weighted by atomic mass is 35.5. The standard InChI is InChI=1S/C16H15ClN2S/c1-9-5-7-20-16(9)15-14-11(4-6-18-15)12-8-10(17)2-3-13(12)19-14/h2-3,5,7-8,15,18-19H,4,6H2,1H3. The molecule has 3 heterocycles. The first-order valence-electron chi connectivity index (χ1n) is 6.81. The molecular weight excluding hydrogens is 288 g/mol. The summed E-state index contributed by atoms with van der Waals surface area (Å²) >= 11 is 7.98. The van der Waals surface area contributed by atoms with Crippen molar-refractivity contribution in [3.05, 3.63) is 56.4 Å². The molecule has 0 fully saturated rings. The lowest BCUT2D eigenvalue weighted by atomic mass is 9.97. The Balaban J connectivity index is 1.93. The van der Waals surface area contributed by atoms with Crippen molar-refractivity contribution < 1.29 is 0 Å². The number of rotatable bonds is 1. The van der Waals surface area contributed by atoms with Gasteiger partial charge in [0.15, 0.2) is 0 Å². The molecule has 20 heavy (non-hydrogen) atoms. The fourth-order valence-electron chi connectivity index (χ4n) is 3.10. The SMILES string of the molecule is Cc1ccsc1C1NCCc2c1[nH]c1ccc(Cl)cc21. The molecule has 4 heteroatoms. The minimum atomic E-state index is 0.282. The average molecular weight is 303 g/mol. The summed E-state index contributed by atoms with van der Waals surface area (Å²) in [5.41, 5.74) is 5.26. The second kappa shape index (κ2) is 4.62. The number of halogens is 1. The molecule has 1 unspecified atom stereocenters. The van der Waals surface area contributed by atoms with E-state index in [1.165, 1.54) is 32.6 Å². The first-order chi connectivity index (χ1) is 9.74. The molecule has 4 rings (SSSR count). The van der Waals surface area contributed by atoms with Crippen LogP contribution < -0.4 is 5.32 Å². The van der Waals surface area contributed by atoms with Crippen LogP contribution in [0, 0.1) is 6.92 Å². The van der Waals surface area contributed by atoms with Gasteiger partial charge in [-0.05, 0) is 54.1 Å². The summed E-state index contributed by atoms with van der Waals surface area (Å²) in [5, 5.41) is 7.89. The van der Waals surface area contributed by atoms with E-state index in [1.807, 2.05) is 17.4 Å². The van der Waals surface area contributed by atoms with Crippen molar-refractivity contribution in [2.24, 2.45) is 0 Å². The van der Waals surface area contributed by atoms with Gasteiger partial charge in [-0.1, -0.05) is 11.6 Å². The lowest BCUT2D eigenvalue weighted by Gasteiger charge is -2.24. The normalized spacial score (nSPS) is 18.4. The van der Waals surface area contributed by atoms with Crippen LogP contribution in [0.2, 0.25) is 5.02 Å². The maximum Gasteiger partial charge on any atom is 0.0828 e. The van der Waals surface area contributed by atoms with E-state index in [0.717, 1.165) is 18.0 Å². The molecule has 2 N–H and O–H groups in total. The van der Waals surface area contributed by atoms with Crippen molar-refractivity contribution in [3.63, 3.8) is 0 Å². The van der Waals surface area contributed by atoms with Crippen molar-refractivity contribution in [1.29, 1.82) is 0 Å². The van der Waals surface area contributed by atoms with Gasteiger partial charge in [0.1, 0.15) is 0 Å². The van der Waals surface area contributed by atoms with Crippen molar-refractivity contribution >= 4 is 33.8 Å². The Hall–Kier alpha value is -1.29. The first-order valence-corrected chi connectivity index (χ1v) is 8.07. The molecule has 1 aromatic carbocycles. The average Bonchev–Trinajstić information content (AvgIpc) is 3.02. The molecule has 0 spiro atoms. The molecule has 3 aromatic rings. The van der Waals surface area contributed by atoms with Crippen LogP contribution in [0.5, 0.6) is 0 Å². The second-order valence-electron chi connectivity index (χ2n) is 5.31. The van der Waals surface area contributed by atoms with Crippen LogP contribution in [-0.2, 0) is 6.42 Å². The highest BCUT2D eigenvalue weighted by molar-refractivity contribution is 7.10. The van der Waals surface area contributed by atoms with Crippen LogP contribution in [0.3, 0.4) is 0 Å². The van der Waals surface area contributed by atoms with Gasteiger partial charge in [-0.25, -0.2) is 0 Å². The smallest absolute Gasteiger partial charge is 0.0828 e. The van der Waals surface area contributed by atoms with Crippen LogP contribution in [0.4, 0.5) is 0 Å². The molecule has 1 aliphatic rings. The van der Waals surface area contributed by atoms with Gasteiger partial charge >= 0.3 is 0 Å². The number of aromatic nitrogens is 1. The second-order valence-corrected chi connectivity index (χ2v) is 6.70. The third kappa shape index (κ3) is 1.81. The van der Waals surface area contributed by atoms with Crippen LogP contribution in [0.15, 0.2) is 29.6 Å². The minimum absolute atomic E-state index is 0.282. The molecule has 102 valence electrons. The summed E-state index contributed by atoms with van der Waals surface area (Å²) in [6.07, 6.45) is 1.05. The number of hydrogen-bond donors (Lipinski definition) is 2. The molecular formula is C16H15ClN2S. The Kier molecular flexibility index (Phi) is 2.88. The van der Waals surface area contributed by atoms with Crippen molar-refractivity contribution in [2.75, 3.05) is 6.54 Å². The zero-order chi connectivity index (χ0) is 13.7. The van der Waals surface area contributed by atoms with Crippen LogP contribution in [0.1, 0.15) is 27.7 Å². The summed E-state index contributed by atoms with van der Waals surface area (Å²) in [4.78, 5) is 5.00. The molecule has 0 amide bonds. The molecule has 0 bridgehead atoms. The Bertz CT molecular complexity index is 787. The molecule has 0 aliphatic carbocycles. The van der Waals surface area contributed by atoms with Crippen molar-refractivity contribution in [1.82, 2.24) is 10.3 Å². The highest BCUT2D eigenvalue weighted by Gasteiger charge is 2.26. The fourth-order valence-corrected chi connectivity index (χ4v) is 4.29. The first kappa shape index (κ1) is 12.5. The van der Waals surface area contributed by atoms with Gasteiger partial charge in [0.2, 0.25) is 0 Å². The van der Waals surface area contributed by atoms with E-state index in [2.05, 4.69) is 40.8 Å². The van der Waals surface area contributed by atoms with Gasteiger partial charge in [-0.15, -0.1) is 11.3 Å². The van der Waals surface area contributed by atoms with E-state index in [4.69, 9.17) is 11.6 Å². The van der Waals surface area contributed by atoms with Gasteiger partial charge in [-0.2, -0.15) is 0 Å². The lowest BCUT2D eigenvalue weighted by Crippen LogP contribution is -2.30. The summed E-state index contributed by atoms with van der Waals surface area (Å²) in [5.74, 6) is 0. The zero-order valence-corrected chi connectivity index (χ0v) is 12.7. The van der Waals surface area contributed by atoms with E-state index in [9.17, 15) is 0 Å². The van der Waals surface area contributed by atoms with E-state index in [1.54, 1.807) is 0 Å². The van der Waals surface area contributed by atoms with Crippen molar-refractivity contribution in [3.8, 4) is 0 Å². The summed E-state index contributed by atoms with van der Waals surface area (Å²) in [6, 6.07) is 8.58. The molecule has 0 radical (unpaired) electrons. The number of nitrogens with one attached hydrogen (secondary N) is 2. The summed E-state index contributed by atoms with van der Waals surface area (Å²) in [7, 11) is 0. The van der Waals surface area contributed by atoms with E-state index < -0.39 is 0 Å². The number of H-pyrrole nitrogens is 1. The van der Waals surface area contributed by atoms with Crippen LogP contribution in [-0.4, -0.2) is 11.5 Å². The predicted octanol–water partition coefficient (Wildman–Crippen LogP) is 4.43. The largest absolute Gasteiger partial charge is 0.357 e. The number of thiophene rings is 1. The van der Waals surface area contributed by atoms with E-state index in [0.29, 0.717) is 0 Å². The number of aryl methyl sites for hydroxylation is 1. The van der Waals surface area contributed by atoms with Crippen LogP contribution in [0.25, 0.3) is 10.9 Å². The molecule has 0 saturated heterocycles. The number of fused-ring (bicyclic) bond motifs is 3. The highest BCUT2D eigenvalue weighted by Crippen LogP contribution is 2.37. The summed E-state index contributed by atoms with van der Waals surface area (Å²) < 4.78 is 0. The van der Waals surface area contributed by atoms with Gasteiger partial charge in [0, 0.05) is 33.0 Å². The zero-order valence-electron chi connectivity index (χ0n) is 11.2. The minimum Gasteiger partial charge on any atom is -0.357 e. The van der Waals surface area contributed by atoms with E-state index in [-0.39, 0.29) is 6.04 Å². The van der Waals surface area contributed by atoms with Gasteiger partial charge < -0.3 is 10.3 Å². The summed E-state index contributed by atoms with van der Waals surface area (Å²) in [6.45, 7) is 3.19. The Morgan fingerprint density at radius 1 is 1.30 bits per heavy atom. The van der Waals surface area contributed by atoms with E-state index >= 15 is 0 Å². The molecule has 0 saturated carbocycles. The predicted molar refractivity (Wildman–Crippen MR) is 85.9 cm³/mol. The fraction of sp³-hybridized carbons (Fsp3) is 0.250. The Morgan fingerprint density at radius 3 is 3.00 bits per heavy atom. The third-order valence-corrected chi connectivity index (χ3v) is 5.40. The molecule has 2 nitrogen and oxygen atoms in total. The van der Waals surface area contributed by atoms with Gasteiger partial charge in [-0.3, -0.25) is 0 Å². The Morgan fingerprint density at radius 2 is 2.20 bits per heavy atom. The maximum atomic E-state index is 6.15. The molecule has 1 aliphatic heterocycles. The Labute approximate surface area is 126 Å². The van der Waals surface area contributed by atoms with Gasteiger partial charge in [0.05, 0.1) is 6.04 Å². The number of hydrogen-bond acceptors (Lipinski definition) is 2. The quantitative estimate of drug-likeness (QED) is 0.684. The molecule has 1 atom stereocenters. The maximum absolute atomic E-state index is 6.15. The lowest BCUT2D eigenvalue weighted by molar-refractivity contribution is 0.565. The number of benzene rings is 1. The monoisotopic (exact) mass is 302 g/mol. The topological polar surface area (TPSA) is 27.8 Å². The van der Waals surface area contributed by atoms with Crippen LogP contribution >= 0.6 is 22.9 Å². The molecule has 2 aromatic heterocycles.